The number of pyridine rings is 2. The summed E-state index contributed by atoms with van der Waals surface area (Å²) >= 11 is 0. The molecule has 9 nitrogen and oxygen atoms in total. The molecule has 1 fully saturated rings. The number of rotatable bonds is 5. The van der Waals surface area contributed by atoms with Gasteiger partial charge in [0.05, 0.1) is 40.3 Å². The Hall–Kier alpha value is -5.20. The van der Waals surface area contributed by atoms with Crippen molar-refractivity contribution in [1.82, 2.24) is 14.5 Å². The third-order valence-electron chi connectivity index (χ3n) is 9.38. The Labute approximate surface area is 273 Å². The molecule has 6 rings (SSSR count). The molecule has 2 atom stereocenters. The van der Waals surface area contributed by atoms with Crippen LogP contribution in [-0.2, 0) is 9.59 Å². The molecular formula is C35H33F4N5O4. The molecule has 0 aliphatic carbocycles. The van der Waals surface area contributed by atoms with Crippen molar-refractivity contribution >= 4 is 34.1 Å². The van der Waals surface area contributed by atoms with Crippen LogP contribution in [-0.4, -0.2) is 69.8 Å². The molecule has 2 aromatic carbocycles. The van der Waals surface area contributed by atoms with Crippen molar-refractivity contribution in [3.8, 4) is 22.6 Å². The molecule has 0 bridgehead atoms. The molecule has 2 aliphatic rings. The summed E-state index contributed by atoms with van der Waals surface area (Å²) in [6.07, 6.45) is 2.57. The lowest BCUT2D eigenvalue weighted by Crippen LogP contribution is -2.75. The van der Waals surface area contributed by atoms with Crippen LogP contribution in [0.3, 0.4) is 0 Å². The van der Waals surface area contributed by atoms with Crippen molar-refractivity contribution in [2.45, 2.75) is 45.2 Å². The molecule has 48 heavy (non-hydrogen) atoms. The first-order valence-electron chi connectivity index (χ1n) is 15.3. The Kier molecular flexibility index (Phi) is 7.84. The van der Waals surface area contributed by atoms with E-state index in [2.05, 4.69) is 11.6 Å². The number of phenolic OH excluding ortho intramolecular Hbond substituents is 1. The minimum atomic E-state index is -2.05. The zero-order valence-electron chi connectivity index (χ0n) is 26.9. The average Bonchev–Trinajstić information content (AvgIpc) is 3.04. The van der Waals surface area contributed by atoms with E-state index in [9.17, 15) is 19.5 Å². The van der Waals surface area contributed by atoms with Crippen LogP contribution < -0.4 is 15.4 Å². The number of piperazine rings is 1. The predicted octanol–water partition coefficient (Wildman–Crippen LogP) is 5.52. The largest absolute Gasteiger partial charge is 0.507 e. The first kappa shape index (κ1) is 32.7. The second kappa shape index (κ2) is 11.5. The van der Waals surface area contributed by atoms with Crippen LogP contribution >= 0.6 is 0 Å². The standard InChI is InChI=1S/C35H33F4N5O4/c1-7-24(46)42-16-35(15-36)34(48)41(6)32-31(43(35)14-19(42)5)20-13-22(38)26(25-21(37)9-8-10-23(25)45)27(39)30(20)44(33(32)47)29-18(4)11-12-40-28(29)17(2)3/h7-13,17,19,45H,1,14-16H2,2-6H3. The second-order valence-corrected chi connectivity index (χ2v) is 12.6. The Bertz CT molecular complexity index is 2100. The summed E-state index contributed by atoms with van der Waals surface area (Å²) in [5, 5.41) is 10.4. The molecule has 2 unspecified atom stereocenters. The van der Waals surface area contributed by atoms with Crippen LogP contribution in [0.4, 0.5) is 28.9 Å². The number of likely N-dealkylation sites (N-methyl/N-ethyl adjacent to an activating group) is 1. The molecular weight excluding hydrogens is 630 g/mol. The number of alkyl halides is 1. The van der Waals surface area contributed by atoms with Gasteiger partial charge in [-0.05, 0) is 55.7 Å². The van der Waals surface area contributed by atoms with Crippen LogP contribution in [0.5, 0.6) is 5.75 Å². The highest BCUT2D eigenvalue weighted by atomic mass is 19.1. The number of aromatic nitrogens is 2. The second-order valence-electron chi connectivity index (χ2n) is 12.6. The Morgan fingerprint density at radius 3 is 2.46 bits per heavy atom. The number of hydrogen-bond donors (Lipinski definition) is 1. The first-order valence-corrected chi connectivity index (χ1v) is 15.3. The van der Waals surface area contributed by atoms with Gasteiger partial charge in [-0.3, -0.25) is 23.9 Å². The fourth-order valence-electron chi connectivity index (χ4n) is 7.05. The number of carbonyl (C=O) groups excluding carboxylic acids is 2. The first-order chi connectivity index (χ1) is 22.7. The van der Waals surface area contributed by atoms with Crippen molar-refractivity contribution in [3.63, 3.8) is 0 Å². The van der Waals surface area contributed by atoms with Gasteiger partial charge in [-0.25, -0.2) is 17.6 Å². The minimum Gasteiger partial charge on any atom is -0.507 e. The Balaban J connectivity index is 1.84. The van der Waals surface area contributed by atoms with E-state index in [4.69, 9.17) is 0 Å². The number of nitrogens with zero attached hydrogens (tertiary/aromatic N) is 5. The lowest BCUT2D eigenvalue weighted by Gasteiger charge is -2.55. The van der Waals surface area contributed by atoms with Crippen LogP contribution in [0.2, 0.25) is 0 Å². The van der Waals surface area contributed by atoms with Crippen LogP contribution in [0.25, 0.3) is 27.7 Å². The van der Waals surface area contributed by atoms with Crippen molar-refractivity contribution in [2.24, 2.45) is 0 Å². The molecule has 0 saturated carbocycles. The Morgan fingerprint density at radius 1 is 1.12 bits per heavy atom. The predicted molar refractivity (Wildman–Crippen MR) is 174 cm³/mol. The zero-order chi connectivity index (χ0) is 35.0. The highest BCUT2D eigenvalue weighted by Crippen LogP contribution is 2.48. The number of amides is 2. The summed E-state index contributed by atoms with van der Waals surface area (Å²) in [5.74, 6) is -6.19. The number of fused-ring (bicyclic) bond motifs is 5. The van der Waals surface area contributed by atoms with Gasteiger partial charge in [0.25, 0.3) is 11.5 Å². The van der Waals surface area contributed by atoms with Crippen molar-refractivity contribution in [1.29, 1.82) is 0 Å². The monoisotopic (exact) mass is 663 g/mol. The topological polar surface area (TPSA) is 99.0 Å². The SMILES string of the molecule is C=CC(=O)N1CC2(CF)C(=O)N(C)c3c(c4cc(F)c(-c5c(O)cccc5F)c(F)c4n(-c4c(C)ccnc4C(C)C)c3=O)N2CC1C. The fourth-order valence-corrected chi connectivity index (χ4v) is 7.05. The Morgan fingerprint density at radius 2 is 1.83 bits per heavy atom. The number of carbonyl (C=O) groups is 2. The summed E-state index contributed by atoms with van der Waals surface area (Å²) in [7, 11) is 1.27. The highest BCUT2D eigenvalue weighted by molar-refractivity contribution is 6.15. The van der Waals surface area contributed by atoms with Gasteiger partial charge in [-0.15, -0.1) is 0 Å². The molecule has 1 saturated heterocycles. The van der Waals surface area contributed by atoms with Crippen molar-refractivity contribution in [2.75, 3.05) is 36.6 Å². The van der Waals surface area contributed by atoms with E-state index in [0.717, 1.165) is 33.7 Å². The van der Waals surface area contributed by atoms with Gasteiger partial charge in [0.2, 0.25) is 5.91 Å². The van der Waals surface area contributed by atoms with Crippen LogP contribution in [0.15, 0.2) is 54.0 Å². The van der Waals surface area contributed by atoms with Gasteiger partial charge >= 0.3 is 0 Å². The molecule has 2 aromatic heterocycles. The number of anilines is 2. The number of aryl methyl sites for hydroxylation is 1. The van der Waals surface area contributed by atoms with E-state index in [0.29, 0.717) is 11.3 Å². The molecule has 0 spiro atoms. The van der Waals surface area contributed by atoms with E-state index in [-0.39, 0.29) is 34.9 Å². The zero-order valence-corrected chi connectivity index (χ0v) is 26.9. The minimum absolute atomic E-state index is 0.127. The quantitative estimate of drug-likeness (QED) is 0.223. The van der Waals surface area contributed by atoms with Gasteiger partial charge in [0.15, 0.2) is 11.4 Å². The summed E-state index contributed by atoms with van der Waals surface area (Å²) in [6.45, 7) is 8.53. The fraction of sp³-hybridized carbons (Fsp3) is 0.314. The molecule has 4 aromatic rings. The molecule has 2 aliphatic heterocycles. The maximum Gasteiger partial charge on any atom is 0.281 e. The highest BCUT2D eigenvalue weighted by Gasteiger charge is 2.57. The molecule has 13 heteroatoms. The molecule has 2 amide bonds. The molecule has 4 heterocycles. The van der Waals surface area contributed by atoms with Gasteiger partial charge in [-0.2, -0.15) is 0 Å². The maximum absolute atomic E-state index is 17.3. The van der Waals surface area contributed by atoms with E-state index in [1.54, 1.807) is 19.9 Å². The van der Waals surface area contributed by atoms with Gasteiger partial charge in [0.1, 0.15) is 29.7 Å². The maximum atomic E-state index is 17.3. The molecule has 0 radical (unpaired) electrons. The number of phenols is 1. The van der Waals surface area contributed by atoms with Gasteiger partial charge in [-0.1, -0.05) is 26.5 Å². The lowest BCUT2D eigenvalue weighted by atomic mass is 9.86. The van der Waals surface area contributed by atoms with Crippen LogP contribution in [0, 0.1) is 24.4 Å². The smallest absolute Gasteiger partial charge is 0.281 e. The van der Waals surface area contributed by atoms with Crippen molar-refractivity contribution in [3.05, 3.63) is 88.2 Å². The third-order valence-corrected chi connectivity index (χ3v) is 9.38. The van der Waals surface area contributed by atoms with E-state index in [1.165, 1.54) is 29.1 Å². The van der Waals surface area contributed by atoms with E-state index >= 15 is 17.6 Å². The molecule has 250 valence electrons. The number of halogens is 4. The van der Waals surface area contributed by atoms with Crippen molar-refractivity contribution < 1.29 is 32.3 Å². The van der Waals surface area contributed by atoms with Gasteiger partial charge in [0, 0.05) is 31.2 Å². The summed E-state index contributed by atoms with van der Waals surface area (Å²) in [4.78, 5) is 49.8. The average molecular weight is 664 g/mol. The number of benzene rings is 2. The summed E-state index contributed by atoms with van der Waals surface area (Å²) in [5.41, 5.74) is -4.50. The number of aromatic hydroxyl groups is 1. The lowest BCUT2D eigenvalue weighted by molar-refractivity contribution is -0.134. The van der Waals surface area contributed by atoms with Gasteiger partial charge < -0.3 is 19.8 Å². The van der Waals surface area contributed by atoms with Crippen LogP contribution in [0.1, 0.15) is 37.9 Å². The normalized spacial score (nSPS) is 19.2. The third kappa shape index (κ3) is 4.43. The van der Waals surface area contributed by atoms with E-state index in [1.807, 2.05) is 13.8 Å². The molecule has 1 N–H and O–H groups in total. The summed E-state index contributed by atoms with van der Waals surface area (Å²) < 4.78 is 65.2. The van der Waals surface area contributed by atoms with E-state index < -0.39 is 82.0 Å². The number of hydrogen-bond acceptors (Lipinski definition) is 6. The summed E-state index contributed by atoms with van der Waals surface area (Å²) in [6, 6.07) is 5.03.